The smallest absolute Gasteiger partial charge is 0.237 e. The summed E-state index contributed by atoms with van der Waals surface area (Å²) in [4.78, 5) is 30.1. The molecule has 1 aromatic rings. The van der Waals surface area contributed by atoms with Crippen LogP contribution < -0.4 is 9.80 Å². The maximum atomic E-state index is 15.2. The molecule has 2 amide bonds. The fraction of sp³-hybridized carbons (Fsp3) is 0.600. The van der Waals surface area contributed by atoms with Crippen molar-refractivity contribution in [1.82, 2.24) is 4.90 Å². The molecule has 2 fully saturated rings. The molecule has 1 saturated carbocycles. The van der Waals surface area contributed by atoms with E-state index in [1.54, 1.807) is 24.9 Å². The van der Waals surface area contributed by atoms with Crippen molar-refractivity contribution in [2.75, 3.05) is 43.0 Å². The Hall–Kier alpha value is -2.11. The second-order valence-corrected chi connectivity index (χ2v) is 7.82. The van der Waals surface area contributed by atoms with Gasteiger partial charge in [0.25, 0.3) is 0 Å². The third-order valence-electron chi connectivity index (χ3n) is 6.41. The van der Waals surface area contributed by atoms with E-state index in [1.165, 1.54) is 0 Å². The van der Waals surface area contributed by atoms with E-state index in [1.807, 2.05) is 11.0 Å². The van der Waals surface area contributed by atoms with Gasteiger partial charge in [-0.3, -0.25) is 9.59 Å². The second-order valence-electron chi connectivity index (χ2n) is 7.82. The molecule has 1 saturated heterocycles. The average molecular weight is 359 g/mol. The normalized spacial score (nSPS) is 22.1. The van der Waals surface area contributed by atoms with Crippen molar-refractivity contribution in [1.29, 1.82) is 0 Å². The van der Waals surface area contributed by atoms with E-state index in [-0.39, 0.29) is 17.6 Å². The number of nitrogens with zero attached hydrogens (tertiary/aromatic N) is 3. The van der Waals surface area contributed by atoms with Crippen molar-refractivity contribution < 1.29 is 14.0 Å². The number of anilines is 2. The molecule has 1 aliphatic carbocycles. The monoisotopic (exact) mass is 359 g/mol. The summed E-state index contributed by atoms with van der Waals surface area (Å²) in [5.41, 5.74) is 1.48. The Morgan fingerprint density at radius 1 is 1.08 bits per heavy atom. The van der Waals surface area contributed by atoms with E-state index in [0.717, 1.165) is 43.5 Å². The number of halogens is 1. The number of fused-ring (bicyclic) bond motifs is 2. The summed E-state index contributed by atoms with van der Waals surface area (Å²) in [5.74, 6) is -0.134. The number of piperazine rings is 1. The van der Waals surface area contributed by atoms with Crippen molar-refractivity contribution in [2.24, 2.45) is 0 Å². The molecule has 1 spiro atoms. The maximum absolute atomic E-state index is 15.2. The molecule has 0 radical (unpaired) electrons. The van der Waals surface area contributed by atoms with Gasteiger partial charge >= 0.3 is 0 Å². The van der Waals surface area contributed by atoms with E-state index >= 15 is 4.39 Å². The Kier molecular flexibility index (Phi) is 4.16. The third-order valence-corrected chi connectivity index (χ3v) is 6.41. The van der Waals surface area contributed by atoms with Crippen molar-refractivity contribution in [2.45, 2.75) is 44.4 Å². The zero-order chi connectivity index (χ0) is 18.5. The molecule has 0 N–H and O–H groups in total. The number of hydrogen-bond donors (Lipinski definition) is 0. The fourth-order valence-corrected chi connectivity index (χ4v) is 4.94. The van der Waals surface area contributed by atoms with Crippen LogP contribution in [0.1, 0.15) is 44.6 Å². The van der Waals surface area contributed by atoms with E-state index in [9.17, 15) is 9.59 Å². The van der Waals surface area contributed by atoms with Crippen LogP contribution in [-0.4, -0.2) is 49.9 Å². The van der Waals surface area contributed by atoms with E-state index in [4.69, 9.17) is 0 Å². The Bertz CT molecular complexity index is 750. The van der Waals surface area contributed by atoms with Crippen LogP contribution in [0.15, 0.2) is 12.1 Å². The lowest BCUT2D eigenvalue weighted by atomic mass is 9.70. The van der Waals surface area contributed by atoms with Crippen molar-refractivity contribution >= 4 is 23.2 Å². The van der Waals surface area contributed by atoms with E-state index in [0.29, 0.717) is 31.7 Å². The van der Waals surface area contributed by atoms with Gasteiger partial charge in [0, 0.05) is 51.4 Å². The summed E-state index contributed by atoms with van der Waals surface area (Å²) in [6.45, 7) is 4.23. The summed E-state index contributed by atoms with van der Waals surface area (Å²) in [6.07, 6.45) is 4.57. The molecule has 0 bridgehead atoms. The standard InChI is InChI=1S/C20H26FN3O2/c1-14(25)23-8-10-24(11-9-23)15-12-16(21)18-17(13-15)22(2)19(26)20(18)6-4-3-5-7-20/h12-13H,3-11H2,1-2H3. The Morgan fingerprint density at radius 2 is 1.73 bits per heavy atom. The van der Waals surface area contributed by atoms with Gasteiger partial charge in [0.15, 0.2) is 0 Å². The van der Waals surface area contributed by atoms with Gasteiger partial charge in [-0.1, -0.05) is 19.3 Å². The number of amides is 2. The highest BCUT2D eigenvalue weighted by Gasteiger charge is 2.51. The predicted molar refractivity (Wildman–Crippen MR) is 99.0 cm³/mol. The topological polar surface area (TPSA) is 43.9 Å². The first-order valence-corrected chi connectivity index (χ1v) is 9.57. The number of carbonyl (C=O) groups is 2. The van der Waals surface area contributed by atoms with Crippen LogP contribution in [0.5, 0.6) is 0 Å². The summed E-state index contributed by atoms with van der Waals surface area (Å²) in [7, 11) is 1.77. The molecular formula is C20H26FN3O2. The lowest BCUT2D eigenvalue weighted by molar-refractivity contribution is -0.129. The first-order chi connectivity index (χ1) is 12.4. The SMILES string of the molecule is CC(=O)N1CCN(c2cc(F)c3c(c2)N(C)C(=O)C32CCCCC2)CC1. The van der Waals surface area contributed by atoms with Gasteiger partial charge in [0.05, 0.1) is 11.1 Å². The lowest BCUT2D eigenvalue weighted by Crippen LogP contribution is -2.48. The zero-order valence-electron chi connectivity index (χ0n) is 15.6. The minimum atomic E-state index is -0.654. The summed E-state index contributed by atoms with van der Waals surface area (Å²) >= 11 is 0. The summed E-state index contributed by atoms with van der Waals surface area (Å²) in [6, 6.07) is 3.55. The van der Waals surface area contributed by atoms with Gasteiger partial charge in [-0.25, -0.2) is 4.39 Å². The molecule has 2 aliphatic heterocycles. The predicted octanol–water partition coefficient (Wildman–Crippen LogP) is 2.67. The average Bonchev–Trinajstić information content (AvgIpc) is 2.85. The van der Waals surface area contributed by atoms with Crippen LogP contribution >= 0.6 is 0 Å². The van der Waals surface area contributed by atoms with Crippen LogP contribution in [0.4, 0.5) is 15.8 Å². The van der Waals surface area contributed by atoms with E-state index in [2.05, 4.69) is 4.90 Å². The number of hydrogen-bond acceptors (Lipinski definition) is 3. The minimum absolute atomic E-state index is 0.0460. The van der Waals surface area contributed by atoms with Crippen molar-refractivity contribution in [3.63, 3.8) is 0 Å². The Balaban J connectivity index is 1.67. The number of benzene rings is 1. The molecular weight excluding hydrogens is 333 g/mol. The number of carbonyl (C=O) groups excluding carboxylic acids is 2. The molecule has 26 heavy (non-hydrogen) atoms. The van der Waals surface area contributed by atoms with Gasteiger partial charge in [-0.2, -0.15) is 0 Å². The molecule has 2 heterocycles. The van der Waals surface area contributed by atoms with Crippen LogP contribution in [-0.2, 0) is 15.0 Å². The fourth-order valence-electron chi connectivity index (χ4n) is 4.94. The Morgan fingerprint density at radius 3 is 2.35 bits per heavy atom. The lowest BCUT2D eigenvalue weighted by Gasteiger charge is -2.36. The van der Waals surface area contributed by atoms with Crippen molar-refractivity contribution in [3.05, 3.63) is 23.5 Å². The number of rotatable bonds is 1. The van der Waals surface area contributed by atoms with Crippen LogP contribution in [0.3, 0.4) is 0 Å². The van der Waals surface area contributed by atoms with Crippen LogP contribution in [0, 0.1) is 5.82 Å². The quantitative estimate of drug-likeness (QED) is 0.774. The first-order valence-electron chi connectivity index (χ1n) is 9.57. The summed E-state index contributed by atoms with van der Waals surface area (Å²) < 4.78 is 15.2. The summed E-state index contributed by atoms with van der Waals surface area (Å²) in [5, 5.41) is 0. The molecule has 6 heteroatoms. The molecule has 0 aromatic heterocycles. The van der Waals surface area contributed by atoms with Crippen molar-refractivity contribution in [3.8, 4) is 0 Å². The highest BCUT2D eigenvalue weighted by Crippen LogP contribution is 2.51. The van der Waals surface area contributed by atoms with Gasteiger partial charge in [0.2, 0.25) is 11.8 Å². The third kappa shape index (κ3) is 2.49. The Labute approximate surface area is 153 Å². The molecule has 0 unspecified atom stereocenters. The molecule has 0 atom stereocenters. The molecule has 5 nitrogen and oxygen atoms in total. The molecule has 1 aromatic carbocycles. The largest absolute Gasteiger partial charge is 0.368 e. The zero-order valence-corrected chi connectivity index (χ0v) is 15.6. The van der Waals surface area contributed by atoms with Gasteiger partial charge in [-0.05, 0) is 25.0 Å². The first kappa shape index (κ1) is 17.3. The van der Waals surface area contributed by atoms with Crippen LogP contribution in [0.25, 0.3) is 0 Å². The van der Waals surface area contributed by atoms with Gasteiger partial charge in [0.1, 0.15) is 5.82 Å². The van der Waals surface area contributed by atoms with E-state index < -0.39 is 5.41 Å². The molecule has 4 rings (SSSR count). The highest BCUT2D eigenvalue weighted by atomic mass is 19.1. The maximum Gasteiger partial charge on any atom is 0.237 e. The van der Waals surface area contributed by atoms with Crippen LogP contribution in [0.2, 0.25) is 0 Å². The highest BCUT2D eigenvalue weighted by molar-refractivity contribution is 6.08. The van der Waals surface area contributed by atoms with Gasteiger partial charge < -0.3 is 14.7 Å². The second kappa shape index (κ2) is 6.25. The molecule has 140 valence electrons. The minimum Gasteiger partial charge on any atom is -0.368 e. The van der Waals surface area contributed by atoms with Gasteiger partial charge in [-0.15, -0.1) is 0 Å². The molecule has 3 aliphatic rings. The number of likely N-dealkylation sites (N-methyl/N-ethyl adjacent to an activating group) is 1.